The van der Waals surface area contributed by atoms with Crippen molar-refractivity contribution < 1.29 is 4.74 Å². The van der Waals surface area contributed by atoms with E-state index < -0.39 is 0 Å². The molecule has 1 fully saturated rings. The summed E-state index contributed by atoms with van der Waals surface area (Å²) in [6, 6.07) is 6.51. The van der Waals surface area contributed by atoms with Crippen molar-refractivity contribution in [2.24, 2.45) is 0 Å². The van der Waals surface area contributed by atoms with Crippen molar-refractivity contribution >= 4 is 17.3 Å². The van der Waals surface area contributed by atoms with Crippen LogP contribution in [0.1, 0.15) is 31.9 Å². The number of anilines is 1. The molecule has 1 aromatic carbocycles. The number of aryl methyl sites for hydroxylation is 1. The van der Waals surface area contributed by atoms with Crippen LogP contribution in [0.2, 0.25) is 0 Å². The van der Waals surface area contributed by atoms with Crippen molar-refractivity contribution in [3.8, 4) is 0 Å². The Morgan fingerprint density at radius 1 is 1.44 bits per heavy atom. The third-order valence-electron chi connectivity index (χ3n) is 3.29. The smallest absolute Gasteiger partial charge is 0.0805 e. The third-order valence-corrected chi connectivity index (χ3v) is 3.58. The summed E-state index contributed by atoms with van der Waals surface area (Å²) in [5.74, 6) is 0.559. The summed E-state index contributed by atoms with van der Waals surface area (Å²) in [5, 5.41) is 0. The highest BCUT2D eigenvalue weighted by atomic mass is 35.5. The highest BCUT2D eigenvalue weighted by Gasteiger charge is 2.32. The molecular weight excluding hydrogens is 246 g/mol. The Hall–Kier alpha value is -0.730. The zero-order chi connectivity index (χ0) is 13.3. The fraction of sp³-hybridized carbons (Fsp3) is 0.600. The maximum absolute atomic E-state index is 6.07. The van der Waals surface area contributed by atoms with Crippen LogP contribution in [0, 0.1) is 6.92 Å². The molecule has 0 bridgehead atoms. The Bertz CT molecular complexity index is 431. The Labute approximate surface area is 115 Å². The molecule has 2 rings (SSSR count). The van der Waals surface area contributed by atoms with Gasteiger partial charge in [-0.25, -0.2) is 0 Å². The monoisotopic (exact) mass is 267 g/mol. The summed E-state index contributed by atoms with van der Waals surface area (Å²) in [6.07, 6.45) is 0.248. The van der Waals surface area contributed by atoms with E-state index in [0.29, 0.717) is 5.88 Å². The average Bonchev–Trinajstić information content (AvgIpc) is 2.25. The molecular formula is C15H22ClNO. The highest BCUT2D eigenvalue weighted by Crippen LogP contribution is 2.29. The molecule has 1 saturated heterocycles. The van der Waals surface area contributed by atoms with E-state index in [-0.39, 0.29) is 11.7 Å². The molecule has 1 aliphatic rings. The Morgan fingerprint density at radius 2 is 2.17 bits per heavy atom. The number of benzene rings is 1. The fourth-order valence-electron chi connectivity index (χ4n) is 2.77. The van der Waals surface area contributed by atoms with Crippen LogP contribution in [0.5, 0.6) is 0 Å². The Balaban J connectivity index is 2.30. The van der Waals surface area contributed by atoms with Crippen molar-refractivity contribution in [1.82, 2.24) is 0 Å². The number of rotatable bonds is 2. The second kappa shape index (κ2) is 5.10. The lowest BCUT2D eigenvalue weighted by Crippen LogP contribution is -2.52. The molecule has 1 unspecified atom stereocenters. The second-order valence-corrected chi connectivity index (χ2v) is 6.10. The van der Waals surface area contributed by atoms with Gasteiger partial charge >= 0.3 is 0 Å². The van der Waals surface area contributed by atoms with E-state index >= 15 is 0 Å². The number of hydrogen-bond donors (Lipinski definition) is 0. The maximum Gasteiger partial charge on any atom is 0.0805 e. The first-order valence-corrected chi connectivity index (χ1v) is 7.03. The van der Waals surface area contributed by atoms with Crippen LogP contribution >= 0.6 is 11.6 Å². The summed E-state index contributed by atoms with van der Waals surface area (Å²) < 4.78 is 5.95. The van der Waals surface area contributed by atoms with E-state index in [1.54, 1.807) is 0 Å². The van der Waals surface area contributed by atoms with E-state index in [4.69, 9.17) is 16.3 Å². The first-order chi connectivity index (χ1) is 8.41. The molecule has 1 heterocycles. The lowest BCUT2D eigenvalue weighted by molar-refractivity contribution is -0.0750. The van der Waals surface area contributed by atoms with Crippen molar-refractivity contribution in [3.63, 3.8) is 0 Å². The van der Waals surface area contributed by atoms with Crippen LogP contribution in [0.25, 0.3) is 0 Å². The van der Waals surface area contributed by atoms with Crippen LogP contribution in [-0.2, 0) is 10.6 Å². The molecule has 1 atom stereocenters. The maximum atomic E-state index is 6.07. The molecule has 0 aromatic heterocycles. The van der Waals surface area contributed by atoms with Gasteiger partial charge in [-0.05, 0) is 39.3 Å². The molecule has 0 radical (unpaired) electrons. The molecule has 0 aliphatic carbocycles. The van der Waals surface area contributed by atoms with Crippen LogP contribution in [0.15, 0.2) is 18.2 Å². The van der Waals surface area contributed by atoms with Crippen LogP contribution < -0.4 is 4.90 Å². The van der Waals surface area contributed by atoms with Gasteiger partial charge in [0.05, 0.1) is 11.7 Å². The summed E-state index contributed by atoms with van der Waals surface area (Å²) in [4.78, 5) is 2.39. The lowest BCUT2D eigenvalue weighted by atomic mass is 10.0. The second-order valence-electron chi connectivity index (χ2n) is 5.83. The fourth-order valence-corrected chi connectivity index (χ4v) is 2.98. The zero-order valence-electron chi connectivity index (χ0n) is 11.7. The predicted molar refractivity (Wildman–Crippen MR) is 77.6 cm³/mol. The molecule has 1 aromatic rings. The van der Waals surface area contributed by atoms with Gasteiger partial charge in [0.15, 0.2) is 0 Å². The Morgan fingerprint density at radius 3 is 2.78 bits per heavy atom. The third kappa shape index (κ3) is 2.99. The first kappa shape index (κ1) is 13.7. The predicted octanol–water partition coefficient (Wildman–Crippen LogP) is 3.74. The van der Waals surface area contributed by atoms with Gasteiger partial charge in [-0.2, -0.15) is 0 Å². The largest absolute Gasteiger partial charge is 0.369 e. The quantitative estimate of drug-likeness (QED) is 0.757. The van der Waals surface area contributed by atoms with Gasteiger partial charge in [-0.1, -0.05) is 17.7 Å². The molecule has 0 saturated carbocycles. The van der Waals surface area contributed by atoms with Gasteiger partial charge in [-0.15, -0.1) is 11.6 Å². The number of ether oxygens (including phenoxy) is 1. The minimum absolute atomic E-state index is 0.105. The lowest BCUT2D eigenvalue weighted by Gasteiger charge is -2.43. The Kier molecular flexibility index (Phi) is 3.88. The van der Waals surface area contributed by atoms with Crippen LogP contribution in [-0.4, -0.2) is 24.8 Å². The van der Waals surface area contributed by atoms with Gasteiger partial charge in [0.2, 0.25) is 0 Å². The van der Waals surface area contributed by atoms with Gasteiger partial charge in [0.1, 0.15) is 0 Å². The normalized spacial score (nSPS) is 23.2. The molecule has 0 spiro atoms. The van der Waals surface area contributed by atoms with Crippen LogP contribution in [0.4, 0.5) is 5.69 Å². The first-order valence-electron chi connectivity index (χ1n) is 6.49. The summed E-state index contributed by atoms with van der Waals surface area (Å²) in [7, 11) is 0. The molecule has 18 heavy (non-hydrogen) atoms. The van der Waals surface area contributed by atoms with E-state index in [2.05, 4.69) is 50.8 Å². The van der Waals surface area contributed by atoms with Crippen molar-refractivity contribution in [2.45, 2.75) is 45.3 Å². The number of alkyl halides is 1. The van der Waals surface area contributed by atoms with Gasteiger partial charge < -0.3 is 9.64 Å². The molecule has 100 valence electrons. The summed E-state index contributed by atoms with van der Waals surface area (Å²) in [5.41, 5.74) is 3.61. The van der Waals surface area contributed by atoms with E-state index in [1.165, 1.54) is 16.8 Å². The van der Waals surface area contributed by atoms with E-state index in [0.717, 1.165) is 13.1 Å². The molecule has 3 heteroatoms. The van der Waals surface area contributed by atoms with Crippen LogP contribution in [0.3, 0.4) is 0 Å². The van der Waals surface area contributed by atoms with E-state index in [9.17, 15) is 0 Å². The van der Waals surface area contributed by atoms with Crippen molar-refractivity contribution in [2.75, 3.05) is 18.0 Å². The number of halogens is 1. The van der Waals surface area contributed by atoms with Crippen molar-refractivity contribution in [1.29, 1.82) is 0 Å². The molecule has 1 aliphatic heterocycles. The summed E-state index contributed by atoms with van der Waals surface area (Å²) in [6.45, 7) is 10.4. The molecule has 0 N–H and O–H groups in total. The summed E-state index contributed by atoms with van der Waals surface area (Å²) >= 11 is 6.07. The number of hydrogen-bond acceptors (Lipinski definition) is 2. The average molecular weight is 268 g/mol. The minimum atomic E-state index is -0.105. The number of morpholine rings is 1. The SMILES string of the molecule is Cc1ccc(N2CC(C)OC(C)(C)C2)c(CCl)c1. The zero-order valence-corrected chi connectivity index (χ0v) is 12.4. The highest BCUT2D eigenvalue weighted by molar-refractivity contribution is 6.17. The van der Waals surface area contributed by atoms with Gasteiger partial charge in [0, 0.05) is 24.7 Å². The molecule has 0 amide bonds. The molecule has 2 nitrogen and oxygen atoms in total. The van der Waals surface area contributed by atoms with Gasteiger partial charge in [0.25, 0.3) is 0 Å². The minimum Gasteiger partial charge on any atom is -0.369 e. The standard InChI is InChI=1S/C15H22ClNO/c1-11-5-6-14(13(7-11)8-16)17-9-12(2)18-15(3,4)10-17/h5-7,12H,8-10H2,1-4H3. The topological polar surface area (TPSA) is 12.5 Å². The van der Waals surface area contributed by atoms with Gasteiger partial charge in [-0.3, -0.25) is 0 Å². The number of nitrogens with zero attached hydrogens (tertiary/aromatic N) is 1. The van der Waals surface area contributed by atoms with E-state index in [1.807, 2.05) is 0 Å². The van der Waals surface area contributed by atoms with Crippen molar-refractivity contribution in [3.05, 3.63) is 29.3 Å².